The monoisotopic (exact) mass is 297 g/mol. The lowest BCUT2D eigenvalue weighted by atomic mass is 9.64. The van der Waals surface area contributed by atoms with Gasteiger partial charge in [0.1, 0.15) is 0 Å². The van der Waals surface area contributed by atoms with E-state index in [-0.39, 0.29) is 5.41 Å². The molecule has 1 saturated carbocycles. The molecule has 1 aliphatic carbocycles. The van der Waals surface area contributed by atoms with Crippen LogP contribution in [0.1, 0.15) is 25.8 Å². The fraction of sp³-hybridized carbons (Fsp3) is 0.571. The van der Waals surface area contributed by atoms with Crippen molar-refractivity contribution >= 4 is 15.9 Å². The average Bonchev–Trinajstić information content (AvgIpc) is 2.30. The van der Waals surface area contributed by atoms with Gasteiger partial charge in [0.2, 0.25) is 0 Å². The minimum absolute atomic E-state index is 0.232. The molecule has 0 aromatic heterocycles. The molecule has 0 radical (unpaired) electrons. The van der Waals surface area contributed by atoms with Crippen molar-refractivity contribution in [1.82, 2.24) is 5.32 Å². The molecule has 0 heterocycles. The first-order chi connectivity index (χ1) is 8.05. The quantitative estimate of drug-likeness (QED) is 0.920. The Balaban J connectivity index is 1.91. The van der Waals surface area contributed by atoms with Gasteiger partial charge >= 0.3 is 0 Å². The van der Waals surface area contributed by atoms with Gasteiger partial charge in [0.15, 0.2) is 0 Å². The van der Waals surface area contributed by atoms with Crippen molar-refractivity contribution < 1.29 is 4.74 Å². The van der Waals surface area contributed by atoms with E-state index < -0.39 is 0 Å². The standard InChI is InChI=1S/C14H20BrNO/c1-14(2)12(8-13(14)17-3)16-9-10-6-4-5-7-11(10)15/h4-7,12-13,16H,8-9H2,1-3H3. The summed E-state index contributed by atoms with van der Waals surface area (Å²) in [6, 6.07) is 8.89. The van der Waals surface area contributed by atoms with Gasteiger partial charge in [-0.05, 0) is 18.1 Å². The molecule has 1 N–H and O–H groups in total. The van der Waals surface area contributed by atoms with Crippen LogP contribution in [0.4, 0.5) is 0 Å². The predicted molar refractivity (Wildman–Crippen MR) is 74.0 cm³/mol. The van der Waals surface area contributed by atoms with Crippen molar-refractivity contribution in [1.29, 1.82) is 0 Å². The number of hydrogen-bond acceptors (Lipinski definition) is 2. The zero-order valence-corrected chi connectivity index (χ0v) is 12.3. The second-order valence-electron chi connectivity index (χ2n) is 5.31. The van der Waals surface area contributed by atoms with Crippen LogP contribution in [-0.4, -0.2) is 19.3 Å². The molecule has 1 aromatic rings. The lowest BCUT2D eigenvalue weighted by Crippen LogP contribution is -2.60. The Morgan fingerprint density at radius 2 is 2.12 bits per heavy atom. The van der Waals surface area contributed by atoms with E-state index in [1.807, 2.05) is 6.07 Å². The summed E-state index contributed by atoms with van der Waals surface area (Å²) < 4.78 is 6.63. The molecule has 17 heavy (non-hydrogen) atoms. The number of nitrogens with one attached hydrogen (secondary N) is 1. The molecule has 0 saturated heterocycles. The van der Waals surface area contributed by atoms with Gasteiger partial charge in [-0.25, -0.2) is 0 Å². The lowest BCUT2D eigenvalue weighted by molar-refractivity contribution is -0.0979. The van der Waals surface area contributed by atoms with Gasteiger partial charge in [-0.1, -0.05) is 48.0 Å². The predicted octanol–water partition coefficient (Wildman–Crippen LogP) is 3.35. The Morgan fingerprint density at radius 1 is 1.41 bits per heavy atom. The zero-order chi connectivity index (χ0) is 12.5. The zero-order valence-electron chi connectivity index (χ0n) is 10.7. The summed E-state index contributed by atoms with van der Waals surface area (Å²) in [4.78, 5) is 0. The normalized spacial score (nSPS) is 26.6. The molecular weight excluding hydrogens is 278 g/mol. The smallest absolute Gasteiger partial charge is 0.0652 e. The second kappa shape index (κ2) is 5.09. The third-order valence-corrected chi connectivity index (χ3v) is 4.73. The highest BCUT2D eigenvalue weighted by atomic mass is 79.9. The minimum Gasteiger partial charge on any atom is -0.381 e. The van der Waals surface area contributed by atoms with Crippen LogP contribution >= 0.6 is 15.9 Å². The van der Waals surface area contributed by atoms with Crippen LogP contribution in [0.2, 0.25) is 0 Å². The Labute approximate surface area is 112 Å². The van der Waals surface area contributed by atoms with E-state index in [2.05, 4.69) is 53.3 Å². The molecule has 94 valence electrons. The van der Waals surface area contributed by atoms with Crippen molar-refractivity contribution in [2.24, 2.45) is 5.41 Å². The van der Waals surface area contributed by atoms with E-state index in [1.54, 1.807) is 7.11 Å². The van der Waals surface area contributed by atoms with Gasteiger partial charge < -0.3 is 10.1 Å². The molecule has 0 amide bonds. The van der Waals surface area contributed by atoms with Crippen molar-refractivity contribution in [3.05, 3.63) is 34.3 Å². The SMILES string of the molecule is COC1CC(NCc2ccccc2Br)C1(C)C. The molecule has 2 rings (SSSR count). The molecule has 2 unspecified atom stereocenters. The largest absolute Gasteiger partial charge is 0.381 e. The number of halogens is 1. The highest BCUT2D eigenvalue weighted by molar-refractivity contribution is 9.10. The fourth-order valence-electron chi connectivity index (χ4n) is 2.51. The van der Waals surface area contributed by atoms with Crippen LogP contribution in [0.5, 0.6) is 0 Å². The molecule has 2 atom stereocenters. The van der Waals surface area contributed by atoms with Gasteiger partial charge in [-0.15, -0.1) is 0 Å². The first-order valence-electron chi connectivity index (χ1n) is 6.05. The van der Waals surface area contributed by atoms with Crippen molar-refractivity contribution in [3.63, 3.8) is 0 Å². The highest BCUT2D eigenvalue weighted by Gasteiger charge is 2.48. The second-order valence-corrected chi connectivity index (χ2v) is 6.16. The van der Waals surface area contributed by atoms with Crippen LogP contribution in [0.15, 0.2) is 28.7 Å². The van der Waals surface area contributed by atoms with Crippen molar-refractivity contribution in [3.8, 4) is 0 Å². The fourth-order valence-corrected chi connectivity index (χ4v) is 2.93. The number of ether oxygens (including phenoxy) is 1. The van der Waals surface area contributed by atoms with Gasteiger partial charge in [0.25, 0.3) is 0 Å². The maximum atomic E-state index is 5.46. The molecule has 0 bridgehead atoms. The van der Waals surface area contributed by atoms with Crippen molar-refractivity contribution in [2.75, 3.05) is 7.11 Å². The summed E-state index contributed by atoms with van der Waals surface area (Å²) in [6.45, 7) is 5.44. The van der Waals surface area contributed by atoms with Gasteiger partial charge in [0, 0.05) is 29.6 Å². The van der Waals surface area contributed by atoms with E-state index in [0.29, 0.717) is 12.1 Å². The molecule has 1 fully saturated rings. The maximum absolute atomic E-state index is 5.46. The number of rotatable bonds is 4. The molecule has 1 aliphatic rings. The highest BCUT2D eigenvalue weighted by Crippen LogP contribution is 2.42. The van der Waals surface area contributed by atoms with E-state index in [9.17, 15) is 0 Å². The number of benzene rings is 1. The van der Waals surface area contributed by atoms with Crippen LogP contribution in [0.25, 0.3) is 0 Å². The first kappa shape index (κ1) is 13.1. The van der Waals surface area contributed by atoms with Gasteiger partial charge in [-0.3, -0.25) is 0 Å². The maximum Gasteiger partial charge on any atom is 0.0652 e. The summed E-state index contributed by atoms with van der Waals surface area (Å²) in [5.41, 5.74) is 1.54. The Hall–Kier alpha value is -0.380. The van der Waals surface area contributed by atoms with Crippen LogP contribution in [-0.2, 0) is 11.3 Å². The van der Waals surface area contributed by atoms with E-state index in [0.717, 1.165) is 13.0 Å². The average molecular weight is 298 g/mol. The first-order valence-corrected chi connectivity index (χ1v) is 6.84. The van der Waals surface area contributed by atoms with Crippen LogP contribution < -0.4 is 5.32 Å². The lowest BCUT2D eigenvalue weighted by Gasteiger charge is -2.51. The molecule has 0 aliphatic heterocycles. The summed E-state index contributed by atoms with van der Waals surface area (Å²) >= 11 is 3.58. The summed E-state index contributed by atoms with van der Waals surface area (Å²) in [5.74, 6) is 0. The minimum atomic E-state index is 0.232. The van der Waals surface area contributed by atoms with Crippen molar-refractivity contribution in [2.45, 2.75) is 39.0 Å². The third kappa shape index (κ3) is 2.56. The van der Waals surface area contributed by atoms with Crippen LogP contribution in [0.3, 0.4) is 0 Å². The topological polar surface area (TPSA) is 21.3 Å². The molecular formula is C14H20BrNO. The molecule has 2 nitrogen and oxygen atoms in total. The molecule has 0 spiro atoms. The Kier molecular flexibility index (Phi) is 3.91. The van der Waals surface area contributed by atoms with E-state index in [4.69, 9.17) is 4.74 Å². The Bertz CT molecular complexity index is 392. The number of methoxy groups -OCH3 is 1. The van der Waals surface area contributed by atoms with E-state index >= 15 is 0 Å². The van der Waals surface area contributed by atoms with Gasteiger partial charge in [-0.2, -0.15) is 0 Å². The number of hydrogen-bond donors (Lipinski definition) is 1. The van der Waals surface area contributed by atoms with Gasteiger partial charge in [0.05, 0.1) is 6.10 Å². The van der Waals surface area contributed by atoms with E-state index in [1.165, 1.54) is 10.0 Å². The summed E-state index contributed by atoms with van der Waals surface area (Å²) in [6.07, 6.45) is 1.49. The summed E-state index contributed by atoms with van der Waals surface area (Å²) in [5, 5.41) is 3.62. The van der Waals surface area contributed by atoms with Crippen LogP contribution in [0, 0.1) is 5.41 Å². The molecule has 1 aromatic carbocycles. The summed E-state index contributed by atoms with van der Waals surface area (Å²) in [7, 11) is 1.80. The third-order valence-electron chi connectivity index (χ3n) is 3.96. The Morgan fingerprint density at radius 3 is 2.71 bits per heavy atom. The molecule has 3 heteroatoms.